The van der Waals surface area contributed by atoms with Gasteiger partial charge < -0.3 is 5.32 Å². The molecule has 0 fully saturated rings. The van der Waals surface area contributed by atoms with Crippen molar-refractivity contribution in [3.05, 3.63) is 50.4 Å². The number of hydrogen-bond acceptors (Lipinski definition) is 3. The lowest BCUT2D eigenvalue weighted by molar-refractivity contribution is 1.02. The molecule has 0 saturated heterocycles. The van der Waals surface area contributed by atoms with Gasteiger partial charge in [0.25, 0.3) is 0 Å². The van der Waals surface area contributed by atoms with E-state index in [2.05, 4.69) is 47.1 Å². The number of halogens is 3. The summed E-state index contributed by atoms with van der Waals surface area (Å²) in [6, 6.07) is 5.58. The number of rotatable bonds is 3. The van der Waals surface area contributed by atoms with Gasteiger partial charge in [-0.2, -0.15) is 0 Å². The Morgan fingerprint density at radius 2 is 2.00 bits per heavy atom. The standard InChI is InChI=1S/C11H8Br2ClN3/c12-7-3-9(13)10(16-4-7)6-15-8-1-2-11(14)17-5-8/h1-5,15H,6H2. The molecule has 2 rings (SSSR count). The van der Waals surface area contributed by atoms with Crippen LogP contribution in [-0.2, 0) is 6.54 Å². The summed E-state index contributed by atoms with van der Waals surface area (Å²) in [6.45, 7) is 0.622. The predicted molar refractivity (Wildman–Crippen MR) is 76.2 cm³/mol. The van der Waals surface area contributed by atoms with Crippen LogP contribution >= 0.6 is 43.5 Å². The first kappa shape index (κ1) is 12.8. The van der Waals surface area contributed by atoms with Gasteiger partial charge in [-0.15, -0.1) is 0 Å². The van der Waals surface area contributed by atoms with Crippen LogP contribution in [0.3, 0.4) is 0 Å². The summed E-state index contributed by atoms with van der Waals surface area (Å²) in [7, 11) is 0. The fourth-order valence-electron chi connectivity index (χ4n) is 1.24. The van der Waals surface area contributed by atoms with Crippen LogP contribution in [0.4, 0.5) is 5.69 Å². The normalized spacial score (nSPS) is 10.3. The first-order valence-corrected chi connectivity index (χ1v) is 6.77. The quantitative estimate of drug-likeness (QED) is 0.812. The minimum Gasteiger partial charge on any atom is -0.378 e. The Morgan fingerprint density at radius 1 is 1.18 bits per heavy atom. The van der Waals surface area contributed by atoms with Crippen molar-refractivity contribution in [1.29, 1.82) is 0 Å². The van der Waals surface area contributed by atoms with E-state index >= 15 is 0 Å². The van der Waals surface area contributed by atoms with Gasteiger partial charge in [-0.05, 0) is 50.1 Å². The molecule has 2 aromatic rings. The summed E-state index contributed by atoms with van der Waals surface area (Å²) >= 11 is 12.5. The Balaban J connectivity index is 2.04. The van der Waals surface area contributed by atoms with Gasteiger partial charge in [0.05, 0.1) is 24.1 Å². The van der Waals surface area contributed by atoms with Crippen molar-refractivity contribution in [1.82, 2.24) is 9.97 Å². The van der Waals surface area contributed by atoms with Gasteiger partial charge in [0.15, 0.2) is 0 Å². The zero-order valence-corrected chi connectivity index (χ0v) is 12.6. The first-order valence-electron chi connectivity index (χ1n) is 4.80. The number of pyridine rings is 2. The Morgan fingerprint density at radius 3 is 2.65 bits per heavy atom. The SMILES string of the molecule is Clc1ccc(NCc2ncc(Br)cc2Br)cn1. The van der Waals surface area contributed by atoms with Crippen molar-refractivity contribution in [3.8, 4) is 0 Å². The highest BCUT2D eigenvalue weighted by Crippen LogP contribution is 2.20. The lowest BCUT2D eigenvalue weighted by Crippen LogP contribution is -2.02. The summed E-state index contributed by atoms with van der Waals surface area (Å²) < 4.78 is 1.91. The van der Waals surface area contributed by atoms with E-state index in [0.29, 0.717) is 11.7 Å². The predicted octanol–water partition coefficient (Wildman–Crippen LogP) is 4.27. The van der Waals surface area contributed by atoms with Crippen molar-refractivity contribution in [2.45, 2.75) is 6.54 Å². The Kier molecular flexibility index (Phi) is 4.36. The summed E-state index contributed by atoms with van der Waals surface area (Å²) in [5.41, 5.74) is 1.84. The molecule has 0 aromatic carbocycles. The lowest BCUT2D eigenvalue weighted by atomic mass is 10.3. The molecule has 0 bridgehead atoms. The number of aromatic nitrogens is 2. The van der Waals surface area contributed by atoms with Crippen molar-refractivity contribution in [2.24, 2.45) is 0 Å². The molecule has 88 valence electrons. The van der Waals surface area contributed by atoms with Crippen molar-refractivity contribution in [3.63, 3.8) is 0 Å². The van der Waals surface area contributed by atoms with Crippen LogP contribution < -0.4 is 5.32 Å². The molecule has 0 aliphatic rings. The molecule has 0 aliphatic heterocycles. The second-order valence-electron chi connectivity index (χ2n) is 3.31. The zero-order valence-electron chi connectivity index (χ0n) is 8.62. The first-order chi connectivity index (χ1) is 8.15. The molecule has 6 heteroatoms. The van der Waals surface area contributed by atoms with Crippen molar-refractivity contribution < 1.29 is 0 Å². The molecule has 2 heterocycles. The van der Waals surface area contributed by atoms with Gasteiger partial charge >= 0.3 is 0 Å². The smallest absolute Gasteiger partial charge is 0.129 e. The lowest BCUT2D eigenvalue weighted by Gasteiger charge is -2.07. The second kappa shape index (κ2) is 5.80. The fourth-order valence-corrected chi connectivity index (χ4v) is 2.48. The van der Waals surface area contributed by atoms with Gasteiger partial charge in [-0.25, -0.2) is 4.98 Å². The average molecular weight is 377 g/mol. The van der Waals surface area contributed by atoms with E-state index in [1.165, 1.54) is 0 Å². The minimum atomic E-state index is 0.485. The molecule has 3 nitrogen and oxygen atoms in total. The van der Waals surface area contributed by atoms with Crippen LogP contribution in [0.15, 0.2) is 39.5 Å². The molecular weight excluding hydrogens is 369 g/mol. The highest BCUT2D eigenvalue weighted by Gasteiger charge is 2.02. The Labute approximate surface area is 121 Å². The number of nitrogens with one attached hydrogen (secondary N) is 1. The number of nitrogens with zero attached hydrogens (tertiary/aromatic N) is 2. The molecule has 0 saturated carbocycles. The maximum atomic E-state index is 5.71. The van der Waals surface area contributed by atoms with E-state index in [-0.39, 0.29) is 0 Å². The van der Waals surface area contributed by atoms with E-state index in [1.807, 2.05) is 12.1 Å². The largest absolute Gasteiger partial charge is 0.378 e. The molecule has 0 aliphatic carbocycles. The van der Waals surface area contributed by atoms with E-state index < -0.39 is 0 Å². The summed E-state index contributed by atoms with van der Waals surface area (Å²) in [6.07, 6.45) is 3.46. The molecule has 0 spiro atoms. The fraction of sp³-hybridized carbons (Fsp3) is 0.0909. The molecular formula is C11H8Br2ClN3. The Bertz CT molecular complexity index is 517. The van der Waals surface area contributed by atoms with Crippen LogP contribution in [-0.4, -0.2) is 9.97 Å². The monoisotopic (exact) mass is 375 g/mol. The minimum absolute atomic E-state index is 0.485. The van der Waals surface area contributed by atoms with Gasteiger partial charge in [-0.1, -0.05) is 11.6 Å². The molecule has 2 aromatic heterocycles. The maximum absolute atomic E-state index is 5.71. The summed E-state index contributed by atoms with van der Waals surface area (Å²) in [5, 5.41) is 3.70. The topological polar surface area (TPSA) is 37.8 Å². The van der Waals surface area contributed by atoms with Crippen molar-refractivity contribution >= 4 is 49.1 Å². The Hall–Kier alpha value is -0.650. The van der Waals surface area contributed by atoms with Gasteiger partial charge in [0.1, 0.15) is 5.15 Å². The highest BCUT2D eigenvalue weighted by molar-refractivity contribution is 9.11. The molecule has 17 heavy (non-hydrogen) atoms. The van der Waals surface area contributed by atoms with Crippen LogP contribution in [0.5, 0.6) is 0 Å². The number of hydrogen-bond donors (Lipinski definition) is 1. The molecule has 0 atom stereocenters. The second-order valence-corrected chi connectivity index (χ2v) is 5.46. The third kappa shape index (κ3) is 3.66. The molecule has 1 N–H and O–H groups in total. The summed E-state index contributed by atoms with van der Waals surface area (Å²) in [4.78, 5) is 8.30. The van der Waals surface area contributed by atoms with Gasteiger partial charge in [0.2, 0.25) is 0 Å². The highest BCUT2D eigenvalue weighted by atomic mass is 79.9. The van der Waals surface area contributed by atoms with Crippen LogP contribution in [0.2, 0.25) is 5.15 Å². The number of anilines is 1. The van der Waals surface area contributed by atoms with Crippen LogP contribution in [0.1, 0.15) is 5.69 Å². The molecule has 0 amide bonds. The van der Waals surface area contributed by atoms with E-state index in [1.54, 1.807) is 18.5 Å². The van der Waals surface area contributed by atoms with Gasteiger partial charge in [-0.3, -0.25) is 4.98 Å². The third-order valence-corrected chi connectivity index (χ3v) is 3.42. The molecule has 0 unspecified atom stereocenters. The van der Waals surface area contributed by atoms with Gasteiger partial charge in [0, 0.05) is 15.1 Å². The van der Waals surface area contributed by atoms with E-state index in [4.69, 9.17) is 11.6 Å². The van der Waals surface area contributed by atoms with E-state index in [0.717, 1.165) is 20.3 Å². The maximum Gasteiger partial charge on any atom is 0.129 e. The average Bonchev–Trinajstić information content (AvgIpc) is 2.30. The zero-order chi connectivity index (χ0) is 12.3. The van der Waals surface area contributed by atoms with Crippen LogP contribution in [0.25, 0.3) is 0 Å². The third-order valence-electron chi connectivity index (χ3n) is 2.07. The summed E-state index contributed by atoms with van der Waals surface area (Å²) in [5.74, 6) is 0. The van der Waals surface area contributed by atoms with E-state index in [9.17, 15) is 0 Å². The van der Waals surface area contributed by atoms with Crippen molar-refractivity contribution in [2.75, 3.05) is 5.32 Å². The van der Waals surface area contributed by atoms with Crippen LogP contribution in [0, 0.1) is 0 Å². The molecule has 0 radical (unpaired) electrons.